The van der Waals surface area contributed by atoms with E-state index in [1.54, 1.807) is 0 Å². The molecule has 0 radical (unpaired) electrons. The third-order valence-electron chi connectivity index (χ3n) is 3.28. The lowest BCUT2D eigenvalue weighted by Crippen LogP contribution is -2.38. The number of anilines is 1. The second kappa shape index (κ2) is 9.47. The molecule has 0 saturated carbocycles. The van der Waals surface area contributed by atoms with Crippen molar-refractivity contribution in [3.05, 3.63) is 29.0 Å². The topological polar surface area (TPSA) is 78.4 Å². The maximum absolute atomic E-state index is 12.9. The fraction of sp³-hybridized carbons (Fsp3) is 0.500. The Bertz CT molecular complexity index is 552. The van der Waals surface area contributed by atoms with Crippen LogP contribution in [0.3, 0.4) is 0 Å². The van der Waals surface area contributed by atoms with E-state index in [2.05, 4.69) is 24.5 Å². The van der Waals surface area contributed by atoms with Gasteiger partial charge in [0.25, 0.3) is 0 Å². The summed E-state index contributed by atoms with van der Waals surface area (Å²) < 4.78 is 12.9. The van der Waals surface area contributed by atoms with E-state index in [-0.39, 0.29) is 23.2 Å². The molecule has 5 nitrogen and oxygen atoms in total. The summed E-state index contributed by atoms with van der Waals surface area (Å²) in [6, 6.07) is 3.48. The molecule has 2 amide bonds. The Kier molecular flexibility index (Phi) is 7.98. The molecule has 0 saturated heterocycles. The van der Waals surface area contributed by atoms with Gasteiger partial charge in [0.15, 0.2) is 0 Å². The van der Waals surface area contributed by atoms with E-state index in [0.29, 0.717) is 18.9 Å². The number of benzene rings is 1. The van der Waals surface area contributed by atoms with Crippen LogP contribution in [0.1, 0.15) is 26.7 Å². The number of carbonyl (C=O) groups is 2. The van der Waals surface area contributed by atoms with E-state index in [4.69, 9.17) is 16.7 Å². The van der Waals surface area contributed by atoms with Crippen LogP contribution in [0.2, 0.25) is 5.02 Å². The van der Waals surface area contributed by atoms with Crippen molar-refractivity contribution in [2.75, 3.05) is 18.5 Å². The van der Waals surface area contributed by atoms with E-state index in [9.17, 15) is 14.0 Å². The third-order valence-corrected chi connectivity index (χ3v) is 3.59. The predicted molar refractivity (Wildman–Crippen MR) is 87.7 cm³/mol. The molecule has 0 aliphatic heterocycles. The summed E-state index contributed by atoms with van der Waals surface area (Å²) in [5.74, 6) is -1.66. The zero-order chi connectivity index (χ0) is 17.4. The van der Waals surface area contributed by atoms with Crippen molar-refractivity contribution >= 4 is 29.1 Å². The number of nitrogens with one attached hydrogen (secondary N) is 2. The van der Waals surface area contributed by atoms with Crippen molar-refractivity contribution < 1.29 is 19.1 Å². The molecule has 23 heavy (non-hydrogen) atoms. The van der Waals surface area contributed by atoms with Gasteiger partial charge in [0.1, 0.15) is 5.82 Å². The van der Waals surface area contributed by atoms with Crippen LogP contribution in [-0.2, 0) is 9.59 Å². The Morgan fingerprint density at radius 3 is 2.57 bits per heavy atom. The first-order valence-corrected chi connectivity index (χ1v) is 7.86. The summed E-state index contributed by atoms with van der Waals surface area (Å²) in [7, 11) is 0. The molecule has 0 fully saturated rings. The SMILES string of the molecule is CC(C)CC(CCO)CNC(=O)C(=O)Nc1ccc(F)cc1Cl. The number of hydrogen-bond donors (Lipinski definition) is 3. The molecule has 1 unspecified atom stereocenters. The van der Waals surface area contributed by atoms with Crippen molar-refractivity contribution in [2.45, 2.75) is 26.7 Å². The monoisotopic (exact) mass is 344 g/mol. The molecule has 0 aliphatic rings. The van der Waals surface area contributed by atoms with Crippen LogP contribution in [0, 0.1) is 17.7 Å². The molecule has 7 heteroatoms. The molecule has 0 aromatic heterocycles. The van der Waals surface area contributed by atoms with Gasteiger partial charge < -0.3 is 15.7 Å². The van der Waals surface area contributed by atoms with Crippen LogP contribution in [0.4, 0.5) is 10.1 Å². The van der Waals surface area contributed by atoms with Gasteiger partial charge in [0.2, 0.25) is 0 Å². The first-order chi connectivity index (χ1) is 10.8. The highest BCUT2D eigenvalue weighted by molar-refractivity contribution is 6.41. The number of rotatable bonds is 7. The summed E-state index contributed by atoms with van der Waals surface area (Å²) in [5.41, 5.74) is 0.169. The second-order valence-corrected chi connectivity index (χ2v) is 6.20. The Labute approximate surface area is 140 Å². The standard InChI is InChI=1S/C16H22ClFN2O3/c1-10(2)7-11(5-6-21)9-19-15(22)16(23)20-14-4-3-12(18)8-13(14)17/h3-4,8,10-11,21H,5-7,9H2,1-2H3,(H,19,22)(H,20,23). The number of amides is 2. The van der Waals surface area contributed by atoms with Gasteiger partial charge in [-0.3, -0.25) is 9.59 Å². The highest BCUT2D eigenvalue weighted by Gasteiger charge is 2.18. The van der Waals surface area contributed by atoms with Gasteiger partial charge in [-0.15, -0.1) is 0 Å². The normalized spacial score (nSPS) is 12.1. The summed E-state index contributed by atoms with van der Waals surface area (Å²) >= 11 is 5.79. The van der Waals surface area contributed by atoms with Crippen molar-refractivity contribution in [2.24, 2.45) is 11.8 Å². The van der Waals surface area contributed by atoms with Gasteiger partial charge in [-0.1, -0.05) is 25.4 Å². The number of hydrogen-bond acceptors (Lipinski definition) is 3. The smallest absolute Gasteiger partial charge is 0.313 e. The van der Waals surface area contributed by atoms with Crippen LogP contribution in [-0.4, -0.2) is 30.1 Å². The third kappa shape index (κ3) is 6.97. The van der Waals surface area contributed by atoms with Crippen LogP contribution < -0.4 is 10.6 Å². The number of carbonyl (C=O) groups excluding carboxylic acids is 2. The Hall–Kier alpha value is -1.66. The lowest BCUT2D eigenvalue weighted by molar-refractivity contribution is -0.136. The second-order valence-electron chi connectivity index (χ2n) is 5.80. The van der Waals surface area contributed by atoms with E-state index < -0.39 is 17.6 Å². The molecule has 3 N–H and O–H groups in total. The minimum absolute atomic E-state index is 0.0177. The van der Waals surface area contributed by atoms with Gasteiger partial charge >= 0.3 is 11.8 Å². The van der Waals surface area contributed by atoms with Crippen molar-refractivity contribution in [1.29, 1.82) is 0 Å². The van der Waals surface area contributed by atoms with E-state index in [1.807, 2.05) is 0 Å². The lowest BCUT2D eigenvalue weighted by atomic mass is 9.94. The van der Waals surface area contributed by atoms with Crippen LogP contribution in [0.5, 0.6) is 0 Å². The van der Waals surface area contributed by atoms with E-state index in [1.165, 1.54) is 6.07 Å². The van der Waals surface area contributed by atoms with Crippen molar-refractivity contribution in [3.8, 4) is 0 Å². The fourth-order valence-corrected chi connectivity index (χ4v) is 2.45. The maximum atomic E-state index is 12.9. The van der Waals surface area contributed by atoms with Gasteiger partial charge in [-0.2, -0.15) is 0 Å². The quantitative estimate of drug-likeness (QED) is 0.665. The van der Waals surface area contributed by atoms with Crippen LogP contribution in [0.15, 0.2) is 18.2 Å². The average Bonchev–Trinajstić information content (AvgIpc) is 2.47. The molecule has 0 spiro atoms. The summed E-state index contributed by atoms with van der Waals surface area (Å²) in [6.07, 6.45) is 1.40. The number of halogens is 2. The molecular formula is C16H22ClFN2O3. The van der Waals surface area contributed by atoms with E-state index >= 15 is 0 Å². The van der Waals surface area contributed by atoms with Gasteiger partial charge in [0.05, 0.1) is 10.7 Å². The molecule has 0 heterocycles. The van der Waals surface area contributed by atoms with Crippen LogP contribution in [0.25, 0.3) is 0 Å². The minimum atomic E-state index is -0.870. The highest BCUT2D eigenvalue weighted by Crippen LogP contribution is 2.22. The highest BCUT2D eigenvalue weighted by atomic mass is 35.5. The molecule has 1 aromatic carbocycles. The molecule has 128 valence electrons. The summed E-state index contributed by atoms with van der Waals surface area (Å²) in [5, 5.41) is 13.9. The molecular weight excluding hydrogens is 323 g/mol. The largest absolute Gasteiger partial charge is 0.396 e. The number of aliphatic hydroxyl groups is 1. The molecule has 1 atom stereocenters. The van der Waals surface area contributed by atoms with Gasteiger partial charge in [-0.05, 0) is 42.9 Å². The molecule has 1 aromatic rings. The van der Waals surface area contributed by atoms with Crippen LogP contribution >= 0.6 is 11.6 Å². The molecule has 0 bridgehead atoms. The zero-order valence-electron chi connectivity index (χ0n) is 13.2. The van der Waals surface area contributed by atoms with Crippen molar-refractivity contribution in [3.63, 3.8) is 0 Å². The average molecular weight is 345 g/mol. The number of aliphatic hydroxyl groups excluding tert-OH is 1. The van der Waals surface area contributed by atoms with Gasteiger partial charge in [-0.25, -0.2) is 4.39 Å². The van der Waals surface area contributed by atoms with Crippen molar-refractivity contribution in [1.82, 2.24) is 5.32 Å². The Morgan fingerprint density at radius 1 is 1.30 bits per heavy atom. The fourth-order valence-electron chi connectivity index (χ4n) is 2.24. The minimum Gasteiger partial charge on any atom is -0.396 e. The van der Waals surface area contributed by atoms with E-state index in [0.717, 1.165) is 18.6 Å². The maximum Gasteiger partial charge on any atom is 0.313 e. The first kappa shape index (κ1) is 19.4. The first-order valence-electron chi connectivity index (χ1n) is 7.48. The Morgan fingerprint density at radius 2 is 2.00 bits per heavy atom. The summed E-state index contributed by atoms with van der Waals surface area (Å²) in [4.78, 5) is 23.6. The van der Waals surface area contributed by atoms with Gasteiger partial charge in [0, 0.05) is 13.2 Å². The summed E-state index contributed by atoms with van der Waals surface area (Å²) in [6.45, 7) is 4.44. The molecule has 0 aliphatic carbocycles. The molecule has 1 rings (SSSR count). The Balaban J connectivity index is 2.54. The predicted octanol–water partition coefficient (Wildman–Crippen LogP) is 2.58. The zero-order valence-corrected chi connectivity index (χ0v) is 14.0. The lowest BCUT2D eigenvalue weighted by Gasteiger charge is -2.18.